The Morgan fingerprint density at radius 3 is 2.93 bits per heavy atom. The number of ether oxygens (including phenoxy) is 2. The number of hydrogen-bond acceptors (Lipinski definition) is 8. The van der Waals surface area contributed by atoms with E-state index in [0.29, 0.717) is 24.2 Å². The molecule has 30 heavy (non-hydrogen) atoms. The molecule has 1 amide bonds. The molecule has 1 fully saturated rings. The monoisotopic (exact) mass is 467 g/mol. The third kappa shape index (κ3) is 5.30. The Morgan fingerprint density at radius 2 is 2.20 bits per heavy atom. The summed E-state index contributed by atoms with van der Waals surface area (Å²) in [5.41, 5.74) is 1.09. The van der Waals surface area contributed by atoms with Crippen molar-refractivity contribution in [1.82, 2.24) is 15.3 Å². The molecule has 1 atom stereocenters. The summed E-state index contributed by atoms with van der Waals surface area (Å²) >= 11 is 4.86. The van der Waals surface area contributed by atoms with Crippen LogP contribution in [0.5, 0.6) is 0 Å². The molecule has 4 heterocycles. The molecular weight excluding hydrogens is 438 g/mol. The minimum absolute atomic E-state index is 0.0214. The summed E-state index contributed by atoms with van der Waals surface area (Å²) in [6, 6.07) is 0. The Bertz CT molecular complexity index is 923. The number of amides is 1. The van der Waals surface area contributed by atoms with Gasteiger partial charge in [0.15, 0.2) is 5.16 Å². The molecule has 2 aromatic heterocycles. The first kappa shape index (κ1) is 22.3. The van der Waals surface area contributed by atoms with Gasteiger partial charge in [-0.3, -0.25) is 4.79 Å². The van der Waals surface area contributed by atoms with Crippen LogP contribution in [0.15, 0.2) is 10.2 Å². The van der Waals surface area contributed by atoms with Crippen molar-refractivity contribution >= 4 is 51.0 Å². The van der Waals surface area contributed by atoms with Crippen LogP contribution in [0.4, 0.5) is 0 Å². The molecule has 2 aromatic rings. The maximum Gasteiger partial charge on any atom is 0.230 e. The summed E-state index contributed by atoms with van der Waals surface area (Å²) in [6.07, 6.45) is 3.09. The zero-order valence-electron chi connectivity index (χ0n) is 17.9. The number of carbonyl (C=O) groups is 1. The van der Waals surface area contributed by atoms with Gasteiger partial charge in [0.1, 0.15) is 9.86 Å². The molecule has 2 aliphatic heterocycles. The van der Waals surface area contributed by atoms with Crippen molar-refractivity contribution in [1.29, 1.82) is 0 Å². The van der Waals surface area contributed by atoms with Gasteiger partial charge in [0.2, 0.25) is 5.91 Å². The second kappa shape index (κ2) is 9.32. The molecule has 1 N–H and O–H groups in total. The fraction of sp³-hybridized carbons (Fsp3) is 0.667. The van der Waals surface area contributed by atoms with Crippen molar-refractivity contribution in [3.63, 3.8) is 0 Å². The van der Waals surface area contributed by atoms with Crippen LogP contribution in [0.25, 0.3) is 10.2 Å². The number of nitrogens with zero attached hydrogens (tertiary/aromatic N) is 2. The summed E-state index contributed by atoms with van der Waals surface area (Å²) in [4.78, 5) is 24.4. The van der Waals surface area contributed by atoms with Gasteiger partial charge < -0.3 is 14.8 Å². The van der Waals surface area contributed by atoms with Crippen molar-refractivity contribution in [2.45, 2.75) is 80.7 Å². The van der Waals surface area contributed by atoms with Crippen LogP contribution in [0.1, 0.15) is 51.0 Å². The zero-order valence-corrected chi connectivity index (χ0v) is 20.4. The fourth-order valence-electron chi connectivity index (χ4n) is 3.68. The lowest BCUT2D eigenvalue weighted by Gasteiger charge is -2.30. The second-order valence-electron chi connectivity index (χ2n) is 8.61. The van der Waals surface area contributed by atoms with Crippen molar-refractivity contribution in [2.24, 2.45) is 0 Å². The molecule has 9 heteroatoms. The topological polar surface area (TPSA) is 73.3 Å². The Kier molecular flexibility index (Phi) is 6.94. The molecular formula is C21H29N3O3S3. The van der Waals surface area contributed by atoms with Gasteiger partial charge in [-0.2, -0.15) is 0 Å². The van der Waals surface area contributed by atoms with Crippen molar-refractivity contribution in [3.05, 3.63) is 10.4 Å². The molecule has 2 aliphatic rings. The van der Waals surface area contributed by atoms with E-state index in [0.717, 1.165) is 46.3 Å². The first-order chi connectivity index (χ1) is 14.3. The number of thioether (sulfide) groups is 2. The minimum atomic E-state index is -0.201. The van der Waals surface area contributed by atoms with E-state index in [9.17, 15) is 4.79 Å². The van der Waals surface area contributed by atoms with Crippen LogP contribution < -0.4 is 5.32 Å². The summed E-state index contributed by atoms with van der Waals surface area (Å²) in [5.74, 6) is 0.364. The lowest BCUT2D eigenvalue weighted by Crippen LogP contribution is -2.33. The lowest BCUT2D eigenvalue weighted by atomic mass is 9.95. The molecule has 0 bridgehead atoms. The van der Waals surface area contributed by atoms with Gasteiger partial charge in [-0.15, -0.1) is 11.3 Å². The number of thiophene rings is 1. The van der Waals surface area contributed by atoms with E-state index in [1.165, 1.54) is 22.2 Å². The number of aromatic nitrogens is 2. The summed E-state index contributed by atoms with van der Waals surface area (Å²) in [6.45, 7) is 10.5. The summed E-state index contributed by atoms with van der Waals surface area (Å²) in [5, 5.41) is 6.20. The highest BCUT2D eigenvalue weighted by Crippen LogP contribution is 2.42. The Labute approximate surface area is 190 Å². The molecule has 6 nitrogen and oxygen atoms in total. The maximum atomic E-state index is 12.4. The van der Waals surface area contributed by atoms with E-state index < -0.39 is 0 Å². The van der Waals surface area contributed by atoms with Crippen molar-refractivity contribution in [3.8, 4) is 0 Å². The fourth-order valence-corrected chi connectivity index (χ4v) is 6.56. The van der Waals surface area contributed by atoms with Crippen LogP contribution in [-0.4, -0.2) is 51.7 Å². The number of nitrogens with one attached hydrogen (secondary N) is 1. The third-order valence-corrected chi connectivity index (χ3v) is 8.05. The Balaban J connectivity index is 1.56. The first-order valence-electron chi connectivity index (χ1n) is 10.4. The standard InChI is InChI=1S/C21H29N3O3S3/c1-12(2)29-20-23-18(28-11-16(25)22-9-13-6-5-7-26-13)17-14-8-21(3,4)27-10-15(14)30-19(17)24-20/h12-13H,5-11H2,1-4H3,(H,22,25). The number of rotatable bonds is 7. The molecule has 1 saturated heterocycles. The average Bonchev–Trinajstić information content (AvgIpc) is 3.30. The van der Waals surface area contributed by atoms with Gasteiger partial charge in [-0.25, -0.2) is 9.97 Å². The van der Waals surface area contributed by atoms with E-state index in [1.54, 1.807) is 23.1 Å². The highest BCUT2D eigenvalue weighted by atomic mass is 32.2. The lowest BCUT2D eigenvalue weighted by molar-refractivity contribution is -0.119. The van der Waals surface area contributed by atoms with Crippen LogP contribution in [0, 0.1) is 0 Å². The second-order valence-corrected chi connectivity index (χ2v) is 12.2. The molecule has 164 valence electrons. The normalized spacial score (nSPS) is 20.6. The van der Waals surface area contributed by atoms with Crippen LogP contribution in [0.3, 0.4) is 0 Å². The number of fused-ring (bicyclic) bond motifs is 3. The molecule has 0 aromatic carbocycles. The predicted octanol–water partition coefficient (Wildman–Crippen LogP) is 4.43. The van der Waals surface area contributed by atoms with Gasteiger partial charge in [0.25, 0.3) is 0 Å². The van der Waals surface area contributed by atoms with Gasteiger partial charge in [0.05, 0.1) is 24.1 Å². The number of hydrogen-bond donors (Lipinski definition) is 1. The molecule has 4 rings (SSSR count). The van der Waals surface area contributed by atoms with Gasteiger partial charge in [-0.1, -0.05) is 37.4 Å². The van der Waals surface area contributed by atoms with E-state index in [4.69, 9.17) is 19.4 Å². The third-order valence-electron chi connectivity index (χ3n) is 5.11. The molecule has 1 unspecified atom stereocenters. The average molecular weight is 468 g/mol. The highest BCUT2D eigenvalue weighted by Gasteiger charge is 2.31. The SMILES string of the molecule is CC(C)Sc1nc(SCC(=O)NCC2CCCO2)c2c3c(sc2n1)COC(C)(C)C3. The summed E-state index contributed by atoms with van der Waals surface area (Å²) in [7, 11) is 0. The quantitative estimate of drug-likeness (QED) is 0.367. The predicted molar refractivity (Wildman–Crippen MR) is 124 cm³/mol. The van der Waals surface area contributed by atoms with E-state index in [2.05, 4.69) is 33.0 Å². The van der Waals surface area contributed by atoms with Crippen LogP contribution in [0.2, 0.25) is 0 Å². The number of carbonyl (C=O) groups excluding carboxylic acids is 1. The smallest absolute Gasteiger partial charge is 0.230 e. The molecule has 0 radical (unpaired) electrons. The molecule has 0 saturated carbocycles. The van der Waals surface area contributed by atoms with E-state index in [1.807, 2.05) is 0 Å². The first-order valence-corrected chi connectivity index (χ1v) is 13.1. The summed E-state index contributed by atoms with van der Waals surface area (Å²) < 4.78 is 11.6. The van der Waals surface area contributed by atoms with Crippen LogP contribution in [-0.2, 0) is 27.3 Å². The Morgan fingerprint density at radius 1 is 1.37 bits per heavy atom. The molecule has 0 spiro atoms. The maximum absolute atomic E-state index is 12.4. The Hall–Kier alpha value is -0.870. The van der Waals surface area contributed by atoms with Gasteiger partial charge in [0, 0.05) is 35.1 Å². The van der Waals surface area contributed by atoms with Crippen molar-refractivity contribution in [2.75, 3.05) is 18.9 Å². The van der Waals surface area contributed by atoms with Gasteiger partial charge >= 0.3 is 0 Å². The van der Waals surface area contributed by atoms with Gasteiger partial charge in [-0.05, 0) is 32.3 Å². The van der Waals surface area contributed by atoms with E-state index in [-0.39, 0.29) is 17.6 Å². The largest absolute Gasteiger partial charge is 0.376 e. The highest BCUT2D eigenvalue weighted by molar-refractivity contribution is 8.00. The van der Waals surface area contributed by atoms with Crippen LogP contribution >= 0.6 is 34.9 Å². The van der Waals surface area contributed by atoms with E-state index >= 15 is 0 Å². The van der Waals surface area contributed by atoms with Crippen molar-refractivity contribution < 1.29 is 14.3 Å². The minimum Gasteiger partial charge on any atom is -0.376 e. The molecule has 0 aliphatic carbocycles. The zero-order chi connectivity index (χ0) is 21.3.